The molecular formula is C17H14O4. The number of hydrogen-bond donors (Lipinski definition) is 0. The van der Waals surface area contributed by atoms with Gasteiger partial charge in [-0.15, -0.1) is 0 Å². The molecule has 0 saturated heterocycles. The zero-order valence-electron chi connectivity index (χ0n) is 11.5. The van der Waals surface area contributed by atoms with E-state index in [9.17, 15) is 4.79 Å². The lowest BCUT2D eigenvalue weighted by Crippen LogP contribution is -2.07. The van der Waals surface area contributed by atoms with E-state index < -0.39 is 0 Å². The van der Waals surface area contributed by atoms with E-state index in [4.69, 9.17) is 14.2 Å². The predicted octanol–water partition coefficient (Wildman–Crippen LogP) is 3.47. The Morgan fingerprint density at radius 3 is 2.71 bits per heavy atom. The molecule has 0 radical (unpaired) electrons. The molecule has 4 nitrogen and oxygen atoms in total. The highest BCUT2D eigenvalue weighted by Gasteiger charge is 2.33. The first-order chi connectivity index (χ1) is 10.3. The normalized spacial score (nSPS) is 21.8. The summed E-state index contributed by atoms with van der Waals surface area (Å²) in [7, 11) is 0. The maximum atomic E-state index is 10.9. The van der Waals surface area contributed by atoms with Crippen LogP contribution >= 0.6 is 0 Å². The van der Waals surface area contributed by atoms with Crippen molar-refractivity contribution in [2.24, 2.45) is 0 Å². The smallest absolute Gasteiger partial charge is 0.231 e. The van der Waals surface area contributed by atoms with Crippen molar-refractivity contribution < 1.29 is 19.0 Å². The molecule has 0 saturated carbocycles. The molecule has 2 heterocycles. The zero-order valence-corrected chi connectivity index (χ0v) is 11.5. The minimum atomic E-state index is -0.0728. The van der Waals surface area contributed by atoms with E-state index in [2.05, 4.69) is 6.92 Å². The summed E-state index contributed by atoms with van der Waals surface area (Å²) < 4.78 is 16.8. The molecule has 2 unspecified atom stereocenters. The highest BCUT2D eigenvalue weighted by Crippen LogP contribution is 2.47. The Labute approximate surface area is 122 Å². The van der Waals surface area contributed by atoms with E-state index in [1.54, 1.807) is 6.07 Å². The molecule has 2 atom stereocenters. The fourth-order valence-corrected chi connectivity index (χ4v) is 2.95. The van der Waals surface area contributed by atoms with Gasteiger partial charge in [-0.3, -0.25) is 4.79 Å². The van der Waals surface area contributed by atoms with E-state index in [1.165, 1.54) is 0 Å². The van der Waals surface area contributed by atoms with Gasteiger partial charge >= 0.3 is 0 Å². The minimum Gasteiger partial charge on any atom is -0.485 e. The zero-order chi connectivity index (χ0) is 14.4. The lowest BCUT2D eigenvalue weighted by atomic mass is 9.92. The molecule has 4 rings (SSSR count). The van der Waals surface area contributed by atoms with Gasteiger partial charge in [0.25, 0.3) is 0 Å². The third kappa shape index (κ3) is 1.87. The Hall–Kier alpha value is -2.49. The number of carbonyl (C=O) groups is 1. The molecule has 0 fully saturated rings. The van der Waals surface area contributed by atoms with Gasteiger partial charge in [0.2, 0.25) is 6.79 Å². The maximum Gasteiger partial charge on any atom is 0.231 e. The maximum absolute atomic E-state index is 10.9. The molecule has 0 aliphatic carbocycles. The van der Waals surface area contributed by atoms with Crippen LogP contribution in [0.15, 0.2) is 36.4 Å². The van der Waals surface area contributed by atoms with Gasteiger partial charge in [0.1, 0.15) is 18.1 Å². The average molecular weight is 282 g/mol. The first-order valence-electron chi connectivity index (χ1n) is 6.91. The summed E-state index contributed by atoms with van der Waals surface area (Å²) in [6.07, 6.45) is 0.789. The van der Waals surface area contributed by atoms with Gasteiger partial charge in [-0.2, -0.15) is 0 Å². The van der Waals surface area contributed by atoms with Crippen molar-refractivity contribution in [3.63, 3.8) is 0 Å². The first kappa shape index (κ1) is 12.3. The van der Waals surface area contributed by atoms with Crippen LogP contribution in [0.2, 0.25) is 0 Å². The molecular weight excluding hydrogens is 268 g/mol. The SMILES string of the molecule is CC1c2cc(C=O)ccc2OC1c1ccc2c(c1)OCO2. The quantitative estimate of drug-likeness (QED) is 0.791. The van der Waals surface area contributed by atoms with Crippen molar-refractivity contribution in [2.45, 2.75) is 18.9 Å². The average Bonchev–Trinajstić information content (AvgIpc) is 3.11. The molecule has 0 spiro atoms. The molecule has 106 valence electrons. The van der Waals surface area contributed by atoms with Crippen LogP contribution in [0.1, 0.15) is 40.4 Å². The molecule has 2 aliphatic rings. The summed E-state index contributed by atoms with van der Waals surface area (Å²) in [5, 5.41) is 0. The van der Waals surface area contributed by atoms with Gasteiger partial charge in [-0.25, -0.2) is 0 Å². The molecule has 2 aliphatic heterocycles. The molecule has 21 heavy (non-hydrogen) atoms. The molecule has 4 heteroatoms. The minimum absolute atomic E-state index is 0.0728. The van der Waals surface area contributed by atoms with Crippen LogP contribution in [-0.2, 0) is 0 Å². The topological polar surface area (TPSA) is 44.8 Å². The fraction of sp³-hybridized carbons (Fsp3) is 0.235. The third-order valence-electron chi connectivity index (χ3n) is 4.09. The standard InChI is InChI=1S/C17H14O4/c1-10-13-6-11(8-18)2-4-14(13)21-17(10)12-3-5-15-16(7-12)20-9-19-15/h2-8,10,17H,9H2,1H3. The largest absolute Gasteiger partial charge is 0.485 e. The van der Waals surface area contributed by atoms with Crippen LogP contribution in [0.3, 0.4) is 0 Å². The predicted molar refractivity (Wildman–Crippen MR) is 76.2 cm³/mol. The number of hydrogen-bond acceptors (Lipinski definition) is 4. The van der Waals surface area contributed by atoms with E-state index in [0.717, 1.165) is 34.7 Å². The van der Waals surface area contributed by atoms with Crippen molar-refractivity contribution >= 4 is 6.29 Å². The summed E-state index contributed by atoms with van der Waals surface area (Å²) in [6.45, 7) is 2.37. The summed E-state index contributed by atoms with van der Waals surface area (Å²) >= 11 is 0. The number of fused-ring (bicyclic) bond motifs is 2. The van der Waals surface area contributed by atoms with Crippen LogP contribution in [-0.4, -0.2) is 13.1 Å². The molecule has 0 N–H and O–H groups in total. The third-order valence-corrected chi connectivity index (χ3v) is 4.09. The van der Waals surface area contributed by atoms with Gasteiger partial charge in [0.05, 0.1) is 0 Å². The summed E-state index contributed by atoms with van der Waals surface area (Å²) in [5.41, 5.74) is 2.80. The van der Waals surface area contributed by atoms with Gasteiger partial charge < -0.3 is 14.2 Å². The summed E-state index contributed by atoms with van der Waals surface area (Å²) in [5.74, 6) is 2.55. The first-order valence-corrected chi connectivity index (χ1v) is 6.91. The van der Waals surface area contributed by atoms with Gasteiger partial charge in [-0.05, 0) is 35.9 Å². The van der Waals surface area contributed by atoms with Crippen molar-refractivity contribution in [1.29, 1.82) is 0 Å². The molecule has 2 aromatic carbocycles. The van der Waals surface area contributed by atoms with Gasteiger partial charge in [-0.1, -0.05) is 13.0 Å². The highest BCUT2D eigenvalue weighted by atomic mass is 16.7. The van der Waals surface area contributed by atoms with E-state index in [0.29, 0.717) is 5.56 Å². The van der Waals surface area contributed by atoms with Crippen molar-refractivity contribution in [2.75, 3.05) is 6.79 Å². The second-order valence-electron chi connectivity index (χ2n) is 5.35. The molecule has 2 aromatic rings. The number of ether oxygens (including phenoxy) is 3. The number of benzene rings is 2. The lowest BCUT2D eigenvalue weighted by Gasteiger charge is -2.16. The van der Waals surface area contributed by atoms with Gasteiger partial charge in [0.15, 0.2) is 11.5 Å². The Balaban J connectivity index is 1.70. The van der Waals surface area contributed by atoms with Crippen LogP contribution in [0.25, 0.3) is 0 Å². The Kier molecular flexibility index (Phi) is 2.64. The summed E-state index contributed by atoms with van der Waals surface area (Å²) in [6, 6.07) is 11.4. The molecule has 0 aromatic heterocycles. The van der Waals surface area contributed by atoms with Crippen LogP contribution in [0.5, 0.6) is 17.2 Å². The number of carbonyl (C=O) groups excluding carboxylic acids is 1. The van der Waals surface area contributed by atoms with E-state index >= 15 is 0 Å². The summed E-state index contributed by atoms with van der Waals surface area (Å²) in [4.78, 5) is 10.9. The number of rotatable bonds is 2. The lowest BCUT2D eigenvalue weighted by molar-refractivity contribution is 0.112. The Bertz CT molecular complexity index is 723. The van der Waals surface area contributed by atoms with E-state index in [1.807, 2.05) is 30.3 Å². The van der Waals surface area contributed by atoms with Gasteiger partial charge in [0, 0.05) is 17.0 Å². The van der Waals surface area contributed by atoms with Crippen molar-refractivity contribution in [1.82, 2.24) is 0 Å². The van der Waals surface area contributed by atoms with E-state index in [-0.39, 0.29) is 18.8 Å². The monoisotopic (exact) mass is 282 g/mol. The molecule has 0 bridgehead atoms. The Morgan fingerprint density at radius 1 is 1.05 bits per heavy atom. The van der Waals surface area contributed by atoms with Crippen molar-refractivity contribution in [3.8, 4) is 17.2 Å². The van der Waals surface area contributed by atoms with Crippen LogP contribution in [0.4, 0.5) is 0 Å². The second kappa shape index (κ2) is 4.52. The number of aldehydes is 1. The van der Waals surface area contributed by atoms with Crippen LogP contribution in [0, 0.1) is 0 Å². The Morgan fingerprint density at radius 2 is 1.86 bits per heavy atom. The second-order valence-corrected chi connectivity index (χ2v) is 5.35. The van der Waals surface area contributed by atoms with Crippen molar-refractivity contribution in [3.05, 3.63) is 53.1 Å². The fourth-order valence-electron chi connectivity index (χ4n) is 2.95. The highest BCUT2D eigenvalue weighted by molar-refractivity contribution is 5.76. The molecule has 0 amide bonds. The van der Waals surface area contributed by atoms with Crippen LogP contribution < -0.4 is 14.2 Å².